The Kier molecular flexibility index (Phi) is 2.44. The van der Waals surface area contributed by atoms with Gasteiger partial charge in [-0.3, -0.25) is 0 Å². The van der Waals surface area contributed by atoms with Gasteiger partial charge in [-0.05, 0) is 48.9 Å². The second kappa shape index (κ2) is 3.50. The smallest absolute Gasteiger partial charge is 0.238 e. The third kappa shape index (κ3) is 1.85. The van der Waals surface area contributed by atoms with Gasteiger partial charge in [-0.2, -0.15) is 0 Å². The SMILES string of the molecule is Nc1ccc(S(N)(=O)=O)c2c1CCCC2. The van der Waals surface area contributed by atoms with Crippen molar-refractivity contribution in [1.82, 2.24) is 0 Å². The second-order valence-electron chi connectivity index (χ2n) is 3.86. The van der Waals surface area contributed by atoms with Crippen LogP contribution in [0.1, 0.15) is 24.0 Å². The Balaban J connectivity index is 2.69. The fourth-order valence-corrected chi connectivity index (χ4v) is 2.96. The number of benzene rings is 1. The van der Waals surface area contributed by atoms with Crippen molar-refractivity contribution in [2.45, 2.75) is 30.6 Å². The van der Waals surface area contributed by atoms with E-state index in [1.807, 2.05) is 0 Å². The minimum absolute atomic E-state index is 0.242. The van der Waals surface area contributed by atoms with Crippen molar-refractivity contribution >= 4 is 15.7 Å². The second-order valence-corrected chi connectivity index (χ2v) is 5.39. The zero-order valence-electron chi connectivity index (χ0n) is 8.36. The van der Waals surface area contributed by atoms with Gasteiger partial charge in [0, 0.05) is 5.69 Å². The van der Waals surface area contributed by atoms with Crippen LogP contribution in [0.5, 0.6) is 0 Å². The van der Waals surface area contributed by atoms with Crippen LogP contribution in [0.25, 0.3) is 0 Å². The van der Waals surface area contributed by atoms with E-state index in [9.17, 15) is 8.42 Å². The molecule has 4 N–H and O–H groups in total. The molecule has 0 unspecified atom stereocenters. The average Bonchev–Trinajstić information content (AvgIpc) is 2.17. The first-order valence-corrected chi connectivity index (χ1v) is 6.48. The summed E-state index contributed by atoms with van der Waals surface area (Å²) < 4.78 is 22.7. The first-order valence-electron chi connectivity index (χ1n) is 4.93. The van der Waals surface area contributed by atoms with Gasteiger partial charge < -0.3 is 5.73 Å². The molecule has 0 saturated heterocycles. The highest BCUT2D eigenvalue weighted by atomic mass is 32.2. The van der Waals surface area contributed by atoms with Crippen LogP contribution in [0.4, 0.5) is 5.69 Å². The molecule has 0 bridgehead atoms. The van der Waals surface area contributed by atoms with Crippen LogP contribution < -0.4 is 10.9 Å². The average molecular weight is 226 g/mol. The molecule has 2 rings (SSSR count). The van der Waals surface area contributed by atoms with Gasteiger partial charge in [0.1, 0.15) is 0 Å². The van der Waals surface area contributed by atoms with Crippen molar-refractivity contribution in [1.29, 1.82) is 0 Å². The van der Waals surface area contributed by atoms with Crippen LogP contribution in [-0.2, 0) is 22.9 Å². The highest BCUT2D eigenvalue weighted by Crippen LogP contribution is 2.30. The van der Waals surface area contributed by atoms with Gasteiger partial charge in [0.2, 0.25) is 10.0 Å². The van der Waals surface area contributed by atoms with Crippen molar-refractivity contribution < 1.29 is 8.42 Å². The molecule has 1 aliphatic carbocycles. The van der Waals surface area contributed by atoms with Crippen LogP contribution in [0.15, 0.2) is 17.0 Å². The molecule has 0 aromatic heterocycles. The van der Waals surface area contributed by atoms with Crippen molar-refractivity contribution in [2.24, 2.45) is 5.14 Å². The topological polar surface area (TPSA) is 86.2 Å². The molecule has 0 spiro atoms. The highest BCUT2D eigenvalue weighted by molar-refractivity contribution is 7.89. The van der Waals surface area contributed by atoms with Crippen molar-refractivity contribution in [3.05, 3.63) is 23.3 Å². The van der Waals surface area contributed by atoms with Gasteiger partial charge in [0.25, 0.3) is 0 Å². The molecule has 1 aliphatic rings. The van der Waals surface area contributed by atoms with Crippen molar-refractivity contribution in [2.75, 3.05) is 5.73 Å². The molecule has 0 heterocycles. The van der Waals surface area contributed by atoms with Crippen LogP contribution in [0.2, 0.25) is 0 Å². The molecule has 0 atom stereocenters. The van der Waals surface area contributed by atoms with E-state index >= 15 is 0 Å². The van der Waals surface area contributed by atoms with Crippen LogP contribution in [-0.4, -0.2) is 8.42 Å². The number of hydrogen-bond donors (Lipinski definition) is 2. The van der Waals surface area contributed by atoms with Gasteiger partial charge in [-0.15, -0.1) is 0 Å². The summed E-state index contributed by atoms with van der Waals surface area (Å²) in [5, 5.41) is 5.16. The Labute approximate surface area is 89.3 Å². The summed E-state index contributed by atoms with van der Waals surface area (Å²) in [5.41, 5.74) is 8.28. The normalized spacial score (nSPS) is 16.1. The summed E-state index contributed by atoms with van der Waals surface area (Å²) in [6.45, 7) is 0. The zero-order valence-corrected chi connectivity index (χ0v) is 9.18. The van der Waals surface area contributed by atoms with Gasteiger partial charge in [-0.25, -0.2) is 13.6 Å². The van der Waals surface area contributed by atoms with Crippen LogP contribution >= 0.6 is 0 Å². The van der Waals surface area contributed by atoms with E-state index in [1.165, 1.54) is 6.07 Å². The van der Waals surface area contributed by atoms with Gasteiger partial charge in [0.15, 0.2) is 0 Å². The lowest BCUT2D eigenvalue weighted by Gasteiger charge is -2.20. The van der Waals surface area contributed by atoms with E-state index in [0.29, 0.717) is 5.69 Å². The summed E-state index contributed by atoms with van der Waals surface area (Å²) in [5.74, 6) is 0. The number of nitrogen functional groups attached to an aromatic ring is 1. The summed E-state index contributed by atoms with van der Waals surface area (Å²) in [7, 11) is -3.62. The third-order valence-corrected chi connectivity index (χ3v) is 3.83. The Morgan fingerprint density at radius 2 is 1.67 bits per heavy atom. The first-order chi connectivity index (χ1) is 7.00. The number of fused-ring (bicyclic) bond motifs is 1. The lowest BCUT2D eigenvalue weighted by atomic mass is 9.90. The molecule has 0 saturated carbocycles. The zero-order chi connectivity index (χ0) is 11.1. The fourth-order valence-electron chi connectivity index (χ4n) is 2.13. The van der Waals surface area contributed by atoms with Crippen molar-refractivity contribution in [3.8, 4) is 0 Å². The largest absolute Gasteiger partial charge is 0.398 e. The van der Waals surface area contributed by atoms with Crippen molar-refractivity contribution in [3.63, 3.8) is 0 Å². The van der Waals surface area contributed by atoms with E-state index in [4.69, 9.17) is 10.9 Å². The molecule has 0 radical (unpaired) electrons. The minimum atomic E-state index is -3.62. The van der Waals surface area contributed by atoms with Crippen LogP contribution in [0, 0.1) is 0 Å². The summed E-state index contributed by atoms with van der Waals surface area (Å²) in [6, 6.07) is 3.14. The molecular formula is C10H14N2O2S. The maximum Gasteiger partial charge on any atom is 0.238 e. The molecule has 1 aromatic rings. The highest BCUT2D eigenvalue weighted by Gasteiger charge is 2.21. The maximum absolute atomic E-state index is 11.4. The quantitative estimate of drug-likeness (QED) is 0.694. The summed E-state index contributed by atoms with van der Waals surface area (Å²) in [6.07, 6.45) is 3.67. The molecule has 0 amide bonds. The lowest BCUT2D eigenvalue weighted by molar-refractivity contribution is 0.593. The number of nitrogens with two attached hydrogens (primary N) is 2. The minimum Gasteiger partial charge on any atom is -0.398 e. The predicted molar refractivity (Wildman–Crippen MR) is 58.9 cm³/mol. The van der Waals surface area contributed by atoms with E-state index in [0.717, 1.165) is 36.8 Å². The Morgan fingerprint density at radius 1 is 1.07 bits per heavy atom. The molecule has 1 aromatic carbocycles. The standard InChI is InChI=1S/C10H14N2O2S/c11-9-5-6-10(15(12,13)14)8-4-2-1-3-7(8)9/h5-6H,1-4,11H2,(H2,12,13,14). The van der Waals surface area contributed by atoms with E-state index in [-0.39, 0.29) is 4.90 Å². The monoisotopic (exact) mass is 226 g/mol. The van der Waals surface area contributed by atoms with Gasteiger partial charge in [0.05, 0.1) is 4.90 Å². The predicted octanol–water partition coefficient (Wildman–Crippen LogP) is 0.795. The number of anilines is 1. The molecule has 0 aliphatic heterocycles. The molecular weight excluding hydrogens is 212 g/mol. The van der Waals surface area contributed by atoms with Crippen LogP contribution in [0.3, 0.4) is 0 Å². The fraction of sp³-hybridized carbons (Fsp3) is 0.400. The van der Waals surface area contributed by atoms with E-state index < -0.39 is 10.0 Å². The number of primary sulfonamides is 1. The Bertz CT molecular complexity index is 494. The summed E-state index contributed by atoms with van der Waals surface area (Å²) >= 11 is 0. The molecule has 0 fully saturated rings. The molecule has 4 nitrogen and oxygen atoms in total. The first kappa shape index (κ1) is 10.4. The Hall–Kier alpha value is -1.07. The lowest BCUT2D eigenvalue weighted by Crippen LogP contribution is -2.18. The molecule has 15 heavy (non-hydrogen) atoms. The maximum atomic E-state index is 11.4. The molecule has 82 valence electrons. The third-order valence-electron chi connectivity index (χ3n) is 2.83. The van der Waals surface area contributed by atoms with E-state index in [1.54, 1.807) is 6.07 Å². The van der Waals surface area contributed by atoms with Gasteiger partial charge in [-0.1, -0.05) is 0 Å². The summed E-state index contributed by atoms with van der Waals surface area (Å²) in [4.78, 5) is 0.242. The Morgan fingerprint density at radius 3 is 2.27 bits per heavy atom. The molecule has 5 heteroatoms. The van der Waals surface area contributed by atoms with E-state index in [2.05, 4.69) is 0 Å². The number of sulfonamides is 1. The van der Waals surface area contributed by atoms with Gasteiger partial charge >= 0.3 is 0 Å². The number of rotatable bonds is 1. The number of hydrogen-bond acceptors (Lipinski definition) is 3.